The van der Waals surface area contributed by atoms with Gasteiger partial charge in [0.1, 0.15) is 10.8 Å². The number of rotatable bonds is 4. The quantitative estimate of drug-likeness (QED) is 0.487. The van der Waals surface area contributed by atoms with Crippen molar-refractivity contribution in [2.45, 2.75) is 25.2 Å². The molecule has 152 valence electrons. The summed E-state index contributed by atoms with van der Waals surface area (Å²) in [6, 6.07) is 18.3. The normalized spacial score (nSPS) is 16.8. The molecule has 30 heavy (non-hydrogen) atoms. The number of carbonyl (C=O) groups excluding carboxylic acids is 1. The first-order valence-corrected chi connectivity index (χ1v) is 11.3. The van der Waals surface area contributed by atoms with Gasteiger partial charge in [-0.1, -0.05) is 42.5 Å². The Hall–Kier alpha value is -2.99. The SMILES string of the molecule is Cn1c(C2CCCN(C(=O)Cc3csc(-c4ccccc4)n3)C2)nc2ccccc21. The number of carbonyl (C=O) groups is 1. The number of imidazole rings is 1. The lowest BCUT2D eigenvalue weighted by Gasteiger charge is -2.32. The summed E-state index contributed by atoms with van der Waals surface area (Å²) in [5.41, 5.74) is 4.12. The third-order valence-corrected chi connectivity index (χ3v) is 6.81. The lowest BCUT2D eigenvalue weighted by molar-refractivity contribution is -0.131. The number of fused-ring (bicyclic) bond motifs is 1. The maximum absolute atomic E-state index is 13.0. The Bertz CT molecular complexity index is 1180. The average molecular weight is 417 g/mol. The van der Waals surface area contributed by atoms with E-state index in [2.05, 4.69) is 40.9 Å². The number of likely N-dealkylation sites (tertiary alicyclic amines) is 1. The molecule has 0 radical (unpaired) electrons. The number of para-hydroxylation sites is 2. The van der Waals surface area contributed by atoms with Crippen LogP contribution in [0.5, 0.6) is 0 Å². The molecule has 4 aromatic rings. The Morgan fingerprint density at radius 2 is 1.90 bits per heavy atom. The summed E-state index contributed by atoms with van der Waals surface area (Å²) < 4.78 is 2.18. The maximum Gasteiger partial charge on any atom is 0.228 e. The van der Waals surface area contributed by atoms with Gasteiger partial charge in [-0.15, -0.1) is 11.3 Å². The van der Waals surface area contributed by atoms with Crippen LogP contribution in [0.25, 0.3) is 21.6 Å². The standard InChI is InChI=1S/C24H24N4OS/c1-27-21-12-6-5-11-20(21)26-23(27)18-10-7-13-28(15-18)22(29)14-19-16-30-24(25-19)17-8-3-2-4-9-17/h2-6,8-9,11-12,16,18H,7,10,13-15H2,1H3. The van der Waals surface area contributed by atoms with Crippen molar-refractivity contribution in [2.75, 3.05) is 13.1 Å². The van der Waals surface area contributed by atoms with E-state index in [1.165, 1.54) is 0 Å². The van der Waals surface area contributed by atoms with Gasteiger partial charge in [0.05, 0.1) is 23.1 Å². The number of piperidine rings is 1. The van der Waals surface area contributed by atoms with E-state index < -0.39 is 0 Å². The molecular formula is C24H24N4OS. The van der Waals surface area contributed by atoms with Crippen molar-refractivity contribution in [1.82, 2.24) is 19.4 Å². The molecular weight excluding hydrogens is 392 g/mol. The molecule has 0 bridgehead atoms. The first kappa shape index (κ1) is 19.0. The zero-order chi connectivity index (χ0) is 20.5. The van der Waals surface area contributed by atoms with Crippen molar-refractivity contribution in [1.29, 1.82) is 0 Å². The lowest BCUT2D eigenvalue weighted by atomic mass is 9.96. The van der Waals surface area contributed by atoms with Crippen LogP contribution in [-0.4, -0.2) is 38.4 Å². The molecule has 1 amide bonds. The van der Waals surface area contributed by atoms with Crippen LogP contribution in [-0.2, 0) is 18.3 Å². The van der Waals surface area contributed by atoms with Crippen molar-refractivity contribution in [2.24, 2.45) is 7.05 Å². The van der Waals surface area contributed by atoms with E-state index in [0.29, 0.717) is 6.42 Å². The van der Waals surface area contributed by atoms with Crippen LogP contribution in [0.15, 0.2) is 60.0 Å². The van der Waals surface area contributed by atoms with Crippen molar-refractivity contribution in [3.05, 3.63) is 71.5 Å². The molecule has 0 N–H and O–H groups in total. The van der Waals surface area contributed by atoms with Gasteiger partial charge in [0.25, 0.3) is 0 Å². The number of hydrogen-bond acceptors (Lipinski definition) is 4. The fraction of sp³-hybridized carbons (Fsp3) is 0.292. The summed E-state index contributed by atoms with van der Waals surface area (Å²) in [6.07, 6.45) is 2.43. The van der Waals surface area contributed by atoms with Gasteiger partial charge >= 0.3 is 0 Å². The van der Waals surface area contributed by atoms with Crippen LogP contribution in [0.4, 0.5) is 0 Å². The highest BCUT2D eigenvalue weighted by atomic mass is 32.1. The number of aryl methyl sites for hydroxylation is 1. The molecule has 0 aliphatic carbocycles. The van der Waals surface area contributed by atoms with Crippen LogP contribution in [0.1, 0.15) is 30.3 Å². The van der Waals surface area contributed by atoms with Gasteiger partial charge in [0.15, 0.2) is 0 Å². The first-order chi connectivity index (χ1) is 14.7. The molecule has 3 heterocycles. The molecule has 1 saturated heterocycles. The van der Waals surface area contributed by atoms with E-state index in [-0.39, 0.29) is 11.8 Å². The molecule has 1 aliphatic rings. The summed E-state index contributed by atoms with van der Waals surface area (Å²) in [5, 5.41) is 2.97. The van der Waals surface area contributed by atoms with Crippen LogP contribution in [0.3, 0.4) is 0 Å². The summed E-state index contributed by atoms with van der Waals surface area (Å²) in [7, 11) is 2.08. The second-order valence-electron chi connectivity index (χ2n) is 7.88. The monoisotopic (exact) mass is 416 g/mol. The summed E-state index contributed by atoms with van der Waals surface area (Å²) in [4.78, 5) is 24.6. The van der Waals surface area contributed by atoms with E-state index in [1.807, 2.05) is 40.6 Å². The predicted molar refractivity (Wildman–Crippen MR) is 121 cm³/mol. The van der Waals surface area contributed by atoms with Crippen LogP contribution in [0, 0.1) is 0 Å². The average Bonchev–Trinajstić information content (AvgIpc) is 3.39. The van der Waals surface area contributed by atoms with E-state index in [9.17, 15) is 4.79 Å². The van der Waals surface area contributed by atoms with Gasteiger partial charge in [-0.05, 0) is 25.0 Å². The number of nitrogens with zero attached hydrogens (tertiary/aromatic N) is 4. The van der Waals surface area contributed by atoms with Crippen LogP contribution >= 0.6 is 11.3 Å². The van der Waals surface area contributed by atoms with Crippen molar-refractivity contribution >= 4 is 28.3 Å². The Balaban J connectivity index is 1.29. The molecule has 2 aromatic carbocycles. The molecule has 2 aromatic heterocycles. The number of benzene rings is 2. The minimum absolute atomic E-state index is 0.156. The summed E-state index contributed by atoms with van der Waals surface area (Å²) in [6.45, 7) is 1.54. The molecule has 0 spiro atoms. The number of aromatic nitrogens is 3. The number of amides is 1. The molecule has 0 saturated carbocycles. The molecule has 5 rings (SSSR count). The Morgan fingerprint density at radius 3 is 2.73 bits per heavy atom. The molecule has 1 atom stereocenters. The maximum atomic E-state index is 13.0. The predicted octanol–water partition coefficient (Wildman–Crippen LogP) is 4.65. The van der Waals surface area contributed by atoms with Gasteiger partial charge in [-0.2, -0.15) is 0 Å². The lowest BCUT2D eigenvalue weighted by Crippen LogP contribution is -2.40. The largest absolute Gasteiger partial charge is 0.342 e. The van der Waals surface area contributed by atoms with Gasteiger partial charge in [-0.3, -0.25) is 4.79 Å². The van der Waals surface area contributed by atoms with Crippen molar-refractivity contribution in [3.63, 3.8) is 0 Å². The molecule has 6 heteroatoms. The van der Waals surface area contributed by atoms with Crippen molar-refractivity contribution in [3.8, 4) is 10.6 Å². The van der Waals surface area contributed by atoms with E-state index >= 15 is 0 Å². The third kappa shape index (κ3) is 3.63. The molecule has 1 unspecified atom stereocenters. The molecule has 5 nitrogen and oxygen atoms in total. The fourth-order valence-corrected chi connectivity index (χ4v) is 5.14. The van der Waals surface area contributed by atoms with E-state index in [4.69, 9.17) is 4.98 Å². The van der Waals surface area contributed by atoms with Crippen LogP contribution < -0.4 is 0 Å². The fourth-order valence-electron chi connectivity index (χ4n) is 4.31. The topological polar surface area (TPSA) is 51.0 Å². The minimum atomic E-state index is 0.156. The summed E-state index contributed by atoms with van der Waals surface area (Å²) in [5.74, 6) is 1.51. The summed E-state index contributed by atoms with van der Waals surface area (Å²) >= 11 is 1.60. The highest BCUT2D eigenvalue weighted by Crippen LogP contribution is 2.29. The van der Waals surface area contributed by atoms with E-state index in [1.54, 1.807) is 11.3 Å². The van der Waals surface area contributed by atoms with Crippen molar-refractivity contribution < 1.29 is 4.79 Å². The number of hydrogen-bond donors (Lipinski definition) is 0. The zero-order valence-corrected chi connectivity index (χ0v) is 17.8. The minimum Gasteiger partial charge on any atom is -0.342 e. The van der Waals surface area contributed by atoms with Gasteiger partial charge in [-0.25, -0.2) is 9.97 Å². The second-order valence-corrected chi connectivity index (χ2v) is 8.74. The first-order valence-electron chi connectivity index (χ1n) is 10.4. The van der Waals surface area contributed by atoms with Gasteiger partial charge in [0, 0.05) is 37.0 Å². The van der Waals surface area contributed by atoms with E-state index in [0.717, 1.165) is 59.1 Å². The highest BCUT2D eigenvalue weighted by Gasteiger charge is 2.28. The van der Waals surface area contributed by atoms with Crippen LogP contribution in [0.2, 0.25) is 0 Å². The van der Waals surface area contributed by atoms with Gasteiger partial charge < -0.3 is 9.47 Å². The molecule has 1 aliphatic heterocycles. The smallest absolute Gasteiger partial charge is 0.228 e. The Morgan fingerprint density at radius 1 is 1.10 bits per heavy atom. The molecule has 1 fully saturated rings. The Kier molecular flexibility index (Phi) is 5.09. The third-order valence-electron chi connectivity index (χ3n) is 5.87. The zero-order valence-electron chi connectivity index (χ0n) is 17.0. The highest BCUT2D eigenvalue weighted by molar-refractivity contribution is 7.13. The Labute approximate surface area is 180 Å². The number of thiazole rings is 1. The van der Waals surface area contributed by atoms with Gasteiger partial charge in [0.2, 0.25) is 5.91 Å². The second kappa shape index (κ2) is 8.03.